The minimum Gasteiger partial charge on any atom is -0.494 e. The molecule has 0 spiro atoms. The van der Waals surface area contributed by atoms with E-state index in [0.29, 0.717) is 15.3 Å². The van der Waals surface area contributed by atoms with Gasteiger partial charge in [-0.25, -0.2) is 0 Å². The van der Waals surface area contributed by atoms with Crippen LogP contribution in [-0.4, -0.2) is 20.7 Å². The number of carboxylic acids is 1. The fourth-order valence-corrected chi connectivity index (χ4v) is 3.30. The lowest BCUT2D eigenvalue weighted by atomic mass is 10.0. The normalized spacial score (nSPS) is 10.7. The third kappa shape index (κ3) is 3.08. The molecule has 0 unspecified atom stereocenters. The zero-order valence-corrected chi connectivity index (χ0v) is 12.8. The predicted molar refractivity (Wildman–Crippen MR) is 81.2 cm³/mol. The molecule has 0 fully saturated rings. The van der Waals surface area contributed by atoms with Gasteiger partial charge in [-0.2, -0.15) is 0 Å². The molecule has 0 saturated heterocycles. The van der Waals surface area contributed by atoms with E-state index in [-0.39, 0.29) is 12.4 Å². The van der Waals surface area contributed by atoms with E-state index in [1.165, 1.54) is 27.0 Å². The number of hydrogen-bond acceptors (Lipinski definition) is 4. The molecule has 0 aliphatic rings. The minimum atomic E-state index is -1.02. The molecule has 1 aromatic carbocycles. The summed E-state index contributed by atoms with van der Waals surface area (Å²) in [5.41, 5.74) is 3.48. The molecule has 0 radical (unpaired) electrons. The summed E-state index contributed by atoms with van der Waals surface area (Å²) in [5.74, 6) is -1.06. The van der Waals surface area contributed by atoms with Crippen LogP contribution in [0.15, 0.2) is 18.2 Å². The van der Waals surface area contributed by atoms with E-state index in [9.17, 15) is 9.90 Å². The maximum absolute atomic E-state index is 10.7. The number of benzene rings is 1. The maximum atomic E-state index is 10.7. The number of hydrogen-bond donors (Lipinski definition) is 2. The molecule has 0 saturated carbocycles. The Morgan fingerprint density at radius 1 is 1.35 bits per heavy atom. The van der Waals surface area contributed by atoms with Crippen molar-refractivity contribution >= 4 is 29.5 Å². The van der Waals surface area contributed by atoms with Crippen LogP contribution in [0.5, 0.6) is 5.88 Å². The molecule has 4 nitrogen and oxygen atoms in total. The van der Waals surface area contributed by atoms with Crippen molar-refractivity contribution in [3.05, 3.63) is 43.7 Å². The molecule has 6 heteroatoms. The number of aliphatic carboxylic acids is 1. The highest BCUT2D eigenvalue weighted by Crippen LogP contribution is 2.28. The number of aryl methyl sites for hydroxylation is 2. The first-order valence-corrected chi connectivity index (χ1v) is 7.30. The van der Waals surface area contributed by atoms with Crippen LogP contribution in [0.3, 0.4) is 0 Å². The van der Waals surface area contributed by atoms with Crippen LogP contribution >= 0.6 is 23.6 Å². The van der Waals surface area contributed by atoms with Crippen molar-refractivity contribution in [1.82, 2.24) is 4.57 Å². The number of carboxylic acid groups (broad SMARTS) is 1. The van der Waals surface area contributed by atoms with Gasteiger partial charge >= 0.3 is 5.97 Å². The summed E-state index contributed by atoms with van der Waals surface area (Å²) in [7, 11) is 0. The Morgan fingerprint density at radius 2 is 2.05 bits per heavy atom. The second kappa shape index (κ2) is 5.76. The number of rotatable bonds is 4. The smallest absolute Gasteiger partial charge is 0.323 e. The first-order valence-electron chi connectivity index (χ1n) is 6.08. The lowest BCUT2D eigenvalue weighted by Gasteiger charge is -2.05. The molecule has 2 aromatic rings. The first-order chi connectivity index (χ1) is 9.38. The van der Waals surface area contributed by atoms with Crippen LogP contribution in [0.4, 0.5) is 0 Å². The van der Waals surface area contributed by atoms with Crippen molar-refractivity contribution in [2.24, 2.45) is 0 Å². The van der Waals surface area contributed by atoms with Crippen LogP contribution < -0.4 is 0 Å². The highest BCUT2D eigenvalue weighted by molar-refractivity contribution is 7.73. The lowest BCUT2D eigenvalue weighted by Crippen LogP contribution is -2.08. The third-order valence-electron chi connectivity index (χ3n) is 3.17. The fourth-order valence-electron chi connectivity index (χ4n) is 1.93. The predicted octanol–water partition coefficient (Wildman–Crippen LogP) is 3.28. The van der Waals surface area contributed by atoms with Gasteiger partial charge in [-0.05, 0) is 42.8 Å². The molecule has 2 N–H and O–H groups in total. The number of thiazole rings is 1. The summed E-state index contributed by atoms with van der Waals surface area (Å²) >= 11 is 6.35. The minimum absolute atomic E-state index is 0.0411. The SMILES string of the molecule is Cc1ccc(Cc2sc(=S)n(CC(=O)O)c2O)cc1C. The van der Waals surface area contributed by atoms with Crippen LogP contribution in [0.2, 0.25) is 0 Å². The fraction of sp³-hybridized carbons (Fsp3) is 0.286. The van der Waals surface area contributed by atoms with E-state index in [4.69, 9.17) is 17.3 Å². The summed E-state index contributed by atoms with van der Waals surface area (Å²) in [6.07, 6.45) is 0.549. The maximum Gasteiger partial charge on any atom is 0.323 e. The van der Waals surface area contributed by atoms with Crippen molar-refractivity contribution in [2.45, 2.75) is 26.8 Å². The van der Waals surface area contributed by atoms with Crippen molar-refractivity contribution in [1.29, 1.82) is 0 Å². The molecular formula is C14H15NO3S2. The molecule has 20 heavy (non-hydrogen) atoms. The van der Waals surface area contributed by atoms with Gasteiger partial charge in [0, 0.05) is 6.42 Å². The van der Waals surface area contributed by atoms with Crippen LogP contribution in [0.1, 0.15) is 21.6 Å². The van der Waals surface area contributed by atoms with Crippen LogP contribution in [0, 0.1) is 17.8 Å². The standard InChI is InChI=1S/C14H15NO3S2/c1-8-3-4-10(5-9(8)2)6-11-13(18)15(7-12(16)17)14(19)20-11/h3-5,18H,6-7H2,1-2H3,(H,16,17). The summed E-state index contributed by atoms with van der Waals surface area (Å²) in [4.78, 5) is 11.4. The molecule has 0 bridgehead atoms. The zero-order valence-electron chi connectivity index (χ0n) is 11.2. The van der Waals surface area contributed by atoms with Crippen LogP contribution in [0.25, 0.3) is 0 Å². The van der Waals surface area contributed by atoms with Crippen molar-refractivity contribution in [2.75, 3.05) is 0 Å². The van der Waals surface area contributed by atoms with Gasteiger partial charge in [-0.3, -0.25) is 9.36 Å². The number of nitrogens with zero attached hydrogens (tertiary/aromatic N) is 1. The summed E-state index contributed by atoms with van der Waals surface area (Å²) < 4.78 is 1.63. The third-order valence-corrected chi connectivity index (χ3v) is 4.60. The molecule has 0 amide bonds. The average Bonchev–Trinajstić information content (AvgIpc) is 2.61. The molecule has 2 rings (SSSR count). The lowest BCUT2D eigenvalue weighted by molar-refractivity contribution is -0.137. The largest absolute Gasteiger partial charge is 0.494 e. The van der Waals surface area contributed by atoms with Gasteiger partial charge < -0.3 is 10.2 Å². The summed E-state index contributed by atoms with van der Waals surface area (Å²) in [6.45, 7) is 3.77. The Kier molecular flexibility index (Phi) is 4.25. The second-order valence-corrected chi connectivity index (χ2v) is 6.42. The molecule has 106 valence electrons. The Hall–Kier alpha value is -1.66. The second-order valence-electron chi connectivity index (χ2n) is 4.69. The van der Waals surface area contributed by atoms with Crippen molar-refractivity contribution < 1.29 is 15.0 Å². The molecule has 1 heterocycles. The monoisotopic (exact) mass is 309 g/mol. The first kappa shape index (κ1) is 14.7. The van der Waals surface area contributed by atoms with Gasteiger partial charge in [-0.1, -0.05) is 18.2 Å². The average molecular weight is 309 g/mol. The van der Waals surface area contributed by atoms with E-state index < -0.39 is 5.97 Å². The Balaban J connectivity index is 2.32. The molecule has 0 aliphatic carbocycles. The molecule has 0 aliphatic heterocycles. The van der Waals surface area contributed by atoms with E-state index in [1.807, 2.05) is 26.0 Å². The van der Waals surface area contributed by atoms with Crippen molar-refractivity contribution in [3.63, 3.8) is 0 Å². The topological polar surface area (TPSA) is 62.5 Å². The van der Waals surface area contributed by atoms with Gasteiger partial charge in [0.25, 0.3) is 0 Å². The van der Waals surface area contributed by atoms with E-state index in [0.717, 1.165) is 5.56 Å². The van der Waals surface area contributed by atoms with Crippen molar-refractivity contribution in [3.8, 4) is 5.88 Å². The zero-order chi connectivity index (χ0) is 14.9. The quantitative estimate of drug-likeness (QED) is 0.851. The number of carbonyl (C=O) groups is 1. The number of aromatic nitrogens is 1. The highest BCUT2D eigenvalue weighted by atomic mass is 32.1. The van der Waals surface area contributed by atoms with Gasteiger partial charge in [0.05, 0.1) is 4.88 Å². The van der Waals surface area contributed by atoms with Gasteiger partial charge in [0.15, 0.2) is 3.95 Å². The Labute approximate surface area is 125 Å². The summed E-state index contributed by atoms with van der Waals surface area (Å²) in [6, 6.07) is 6.11. The summed E-state index contributed by atoms with van der Waals surface area (Å²) in [5, 5.41) is 18.9. The van der Waals surface area contributed by atoms with E-state index >= 15 is 0 Å². The van der Waals surface area contributed by atoms with Gasteiger partial charge in [0.1, 0.15) is 6.54 Å². The highest BCUT2D eigenvalue weighted by Gasteiger charge is 2.14. The van der Waals surface area contributed by atoms with Gasteiger partial charge in [0.2, 0.25) is 5.88 Å². The molecular weight excluding hydrogens is 294 g/mol. The Bertz CT molecular complexity index is 716. The Morgan fingerprint density at radius 3 is 2.65 bits per heavy atom. The molecule has 1 aromatic heterocycles. The number of aromatic hydroxyl groups is 1. The van der Waals surface area contributed by atoms with E-state index in [1.54, 1.807) is 0 Å². The van der Waals surface area contributed by atoms with Gasteiger partial charge in [-0.15, -0.1) is 11.3 Å². The molecule has 0 atom stereocenters. The van der Waals surface area contributed by atoms with Crippen LogP contribution in [-0.2, 0) is 17.8 Å². The van der Waals surface area contributed by atoms with E-state index in [2.05, 4.69) is 6.07 Å².